The van der Waals surface area contributed by atoms with Crippen molar-refractivity contribution in [3.05, 3.63) is 53.6 Å². The number of methoxy groups -OCH3 is 2. The Bertz CT molecular complexity index is 697. The van der Waals surface area contributed by atoms with Crippen LogP contribution in [0.4, 0.5) is 5.69 Å². The molecule has 3 rings (SSSR count). The maximum Gasteiger partial charge on any atom is 0.127 e. The third-order valence-electron chi connectivity index (χ3n) is 4.83. The molecule has 1 aliphatic rings. The van der Waals surface area contributed by atoms with Crippen LogP contribution in [0, 0.1) is 0 Å². The second-order valence-electron chi connectivity index (χ2n) is 6.48. The van der Waals surface area contributed by atoms with Crippen molar-refractivity contribution in [3.63, 3.8) is 0 Å². The summed E-state index contributed by atoms with van der Waals surface area (Å²) < 4.78 is 16.2. The lowest BCUT2D eigenvalue weighted by atomic mass is 10.1. The number of rotatable bonds is 7. The molecule has 5 heteroatoms. The van der Waals surface area contributed by atoms with Gasteiger partial charge in [-0.2, -0.15) is 0 Å². The van der Waals surface area contributed by atoms with E-state index in [9.17, 15) is 0 Å². The Morgan fingerprint density at radius 3 is 2.42 bits per heavy atom. The second-order valence-corrected chi connectivity index (χ2v) is 6.48. The molecular formula is C21H28N2O3. The van der Waals surface area contributed by atoms with Gasteiger partial charge in [-0.25, -0.2) is 0 Å². The zero-order valence-corrected chi connectivity index (χ0v) is 15.8. The maximum absolute atomic E-state index is 5.51. The molecule has 1 atom stereocenters. The first-order valence-corrected chi connectivity index (χ1v) is 9.08. The summed E-state index contributed by atoms with van der Waals surface area (Å²) in [7, 11) is 3.35. The monoisotopic (exact) mass is 356 g/mol. The minimum atomic E-state index is 0.176. The highest BCUT2D eigenvalue weighted by Gasteiger charge is 2.13. The lowest BCUT2D eigenvalue weighted by Crippen LogP contribution is -2.36. The number of hydrogen-bond acceptors (Lipinski definition) is 5. The smallest absolute Gasteiger partial charge is 0.127 e. The van der Waals surface area contributed by atoms with Crippen LogP contribution in [-0.4, -0.2) is 40.5 Å². The summed E-state index contributed by atoms with van der Waals surface area (Å²) in [5.41, 5.74) is 3.65. The van der Waals surface area contributed by atoms with Crippen LogP contribution in [0.5, 0.6) is 11.5 Å². The van der Waals surface area contributed by atoms with E-state index in [4.69, 9.17) is 14.2 Å². The average Bonchev–Trinajstić information content (AvgIpc) is 2.72. The molecule has 140 valence electrons. The van der Waals surface area contributed by atoms with Crippen LogP contribution in [0.3, 0.4) is 0 Å². The van der Waals surface area contributed by atoms with E-state index in [1.165, 1.54) is 11.3 Å². The Labute approximate surface area is 155 Å². The fraction of sp³-hybridized carbons (Fsp3) is 0.429. The minimum Gasteiger partial charge on any atom is -0.497 e. The predicted octanol–water partition coefficient (Wildman–Crippen LogP) is 3.39. The van der Waals surface area contributed by atoms with Crippen LogP contribution in [-0.2, 0) is 11.3 Å². The first kappa shape index (κ1) is 18.5. The largest absolute Gasteiger partial charge is 0.497 e. The zero-order chi connectivity index (χ0) is 18.4. The number of anilines is 1. The van der Waals surface area contributed by atoms with Crippen LogP contribution in [0.1, 0.15) is 24.1 Å². The quantitative estimate of drug-likeness (QED) is 0.824. The fourth-order valence-corrected chi connectivity index (χ4v) is 3.20. The van der Waals surface area contributed by atoms with Crippen molar-refractivity contribution in [2.75, 3.05) is 45.4 Å². The molecule has 1 saturated heterocycles. The van der Waals surface area contributed by atoms with Crippen molar-refractivity contribution < 1.29 is 14.2 Å². The Balaban J connectivity index is 1.59. The minimum absolute atomic E-state index is 0.176. The van der Waals surface area contributed by atoms with Gasteiger partial charge in [0.25, 0.3) is 0 Å². The summed E-state index contributed by atoms with van der Waals surface area (Å²) in [4.78, 5) is 2.37. The highest BCUT2D eigenvalue weighted by Crippen LogP contribution is 2.29. The van der Waals surface area contributed by atoms with Gasteiger partial charge >= 0.3 is 0 Å². The molecule has 1 fully saturated rings. The molecule has 2 aromatic rings. The Morgan fingerprint density at radius 2 is 1.77 bits per heavy atom. The zero-order valence-electron chi connectivity index (χ0n) is 15.8. The van der Waals surface area contributed by atoms with Crippen LogP contribution in [0.15, 0.2) is 42.5 Å². The Hall–Kier alpha value is -2.24. The summed E-state index contributed by atoms with van der Waals surface area (Å²) >= 11 is 0. The molecule has 0 aliphatic carbocycles. The third kappa shape index (κ3) is 4.48. The molecule has 0 radical (unpaired) electrons. The molecule has 1 heterocycles. The van der Waals surface area contributed by atoms with Gasteiger partial charge in [-0.3, -0.25) is 0 Å². The highest BCUT2D eigenvalue weighted by atomic mass is 16.5. The van der Waals surface area contributed by atoms with Crippen molar-refractivity contribution in [1.82, 2.24) is 5.32 Å². The molecule has 0 saturated carbocycles. The topological polar surface area (TPSA) is 43.0 Å². The number of morpholine rings is 1. The first-order valence-electron chi connectivity index (χ1n) is 9.08. The number of nitrogens with zero attached hydrogens (tertiary/aromatic N) is 1. The molecule has 1 aliphatic heterocycles. The second kappa shape index (κ2) is 8.92. The summed E-state index contributed by atoms with van der Waals surface area (Å²) in [5, 5.41) is 3.57. The molecule has 1 N–H and O–H groups in total. The first-order chi connectivity index (χ1) is 12.7. The van der Waals surface area contributed by atoms with Crippen molar-refractivity contribution in [2.24, 2.45) is 0 Å². The van der Waals surface area contributed by atoms with Gasteiger partial charge in [-0.1, -0.05) is 18.2 Å². The molecule has 2 aromatic carbocycles. The lowest BCUT2D eigenvalue weighted by Gasteiger charge is -2.29. The standard InChI is InChI=1S/C21H28N2O3/c1-16(20-9-8-19(24-2)14-21(20)25-3)22-15-17-4-6-18(7-5-17)23-10-12-26-13-11-23/h4-9,14,16,22H,10-13,15H2,1-3H3. The molecule has 0 aromatic heterocycles. The van der Waals surface area contributed by atoms with Gasteiger partial charge in [0.2, 0.25) is 0 Å². The van der Waals surface area contributed by atoms with E-state index < -0.39 is 0 Å². The molecule has 5 nitrogen and oxygen atoms in total. The fourth-order valence-electron chi connectivity index (χ4n) is 3.20. The van der Waals surface area contributed by atoms with E-state index in [1.807, 2.05) is 12.1 Å². The number of hydrogen-bond donors (Lipinski definition) is 1. The van der Waals surface area contributed by atoms with Crippen molar-refractivity contribution in [2.45, 2.75) is 19.5 Å². The molecule has 0 bridgehead atoms. The molecule has 0 spiro atoms. The third-order valence-corrected chi connectivity index (χ3v) is 4.83. The number of benzene rings is 2. The summed E-state index contributed by atoms with van der Waals surface area (Å²) in [5.74, 6) is 1.64. The summed E-state index contributed by atoms with van der Waals surface area (Å²) in [6, 6.07) is 14.9. The average molecular weight is 356 g/mol. The Kier molecular flexibility index (Phi) is 6.36. The summed E-state index contributed by atoms with van der Waals surface area (Å²) in [6.45, 7) is 6.50. The van der Waals surface area contributed by atoms with Gasteiger partial charge in [0.1, 0.15) is 11.5 Å². The van der Waals surface area contributed by atoms with Gasteiger partial charge in [-0.05, 0) is 30.7 Å². The number of ether oxygens (including phenoxy) is 3. The van der Waals surface area contributed by atoms with E-state index in [0.29, 0.717) is 0 Å². The van der Waals surface area contributed by atoms with E-state index in [1.54, 1.807) is 14.2 Å². The molecule has 1 unspecified atom stereocenters. The van der Waals surface area contributed by atoms with Gasteiger partial charge in [-0.15, -0.1) is 0 Å². The van der Waals surface area contributed by atoms with Gasteiger partial charge in [0.15, 0.2) is 0 Å². The van der Waals surface area contributed by atoms with Crippen LogP contribution >= 0.6 is 0 Å². The van der Waals surface area contributed by atoms with Crippen LogP contribution in [0.25, 0.3) is 0 Å². The molecular weight excluding hydrogens is 328 g/mol. The molecule has 0 amide bonds. The normalized spacial score (nSPS) is 15.6. The Morgan fingerprint density at radius 1 is 1.04 bits per heavy atom. The summed E-state index contributed by atoms with van der Waals surface area (Å²) in [6.07, 6.45) is 0. The van der Waals surface area contributed by atoms with Crippen molar-refractivity contribution in [1.29, 1.82) is 0 Å². The van der Waals surface area contributed by atoms with Crippen LogP contribution < -0.4 is 19.7 Å². The maximum atomic E-state index is 5.51. The van der Waals surface area contributed by atoms with E-state index in [-0.39, 0.29) is 6.04 Å². The van der Waals surface area contributed by atoms with Crippen LogP contribution in [0.2, 0.25) is 0 Å². The molecule has 26 heavy (non-hydrogen) atoms. The van der Waals surface area contributed by atoms with Crippen molar-refractivity contribution in [3.8, 4) is 11.5 Å². The van der Waals surface area contributed by atoms with E-state index in [2.05, 4.69) is 47.5 Å². The number of nitrogens with one attached hydrogen (secondary N) is 1. The van der Waals surface area contributed by atoms with Gasteiger partial charge < -0.3 is 24.4 Å². The highest BCUT2D eigenvalue weighted by molar-refractivity contribution is 5.48. The van der Waals surface area contributed by atoms with E-state index >= 15 is 0 Å². The predicted molar refractivity (Wildman–Crippen MR) is 104 cm³/mol. The lowest BCUT2D eigenvalue weighted by molar-refractivity contribution is 0.122. The van der Waals surface area contributed by atoms with E-state index in [0.717, 1.165) is 49.9 Å². The van der Waals surface area contributed by atoms with Gasteiger partial charge in [0, 0.05) is 43.0 Å². The SMILES string of the molecule is COc1ccc(C(C)NCc2ccc(N3CCOCC3)cc2)c(OC)c1. The van der Waals surface area contributed by atoms with Crippen molar-refractivity contribution >= 4 is 5.69 Å². The van der Waals surface area contributed by atoms with Gasteiger partial charge in [0.05, 0.1) is 27.4 Å².